The smallest absolute Gasteiger partial charge is 0.258 e. The number of fused-ring (bicyclic) bond motifs is 1. The van der Waals surface area contributed by atoms with Crippen LogP contribution in [0, 0.1) is 0 Å². The van der Waals surface area contributed by atoms with E-state index in [1.807, 2.05) is 12.1 Å². The molecule has 0 aliphatic heterocycles. The number of hydrogen-bond acceptors (Lipinski definition) is 7. The summed E-state index contributed by atoms with van der Waals surface area (Å²) in [5, 5.41) is 0.715. The van der Waals surface area contributed by atoms with Gasteiger partial charge in [0.15, 0.2) is 18.3 Å². The minimum absolute atomic E-state index is 0.0791. The topological polar surface area (TPSA) is 104 Å². The molecule has 0 aliphatic carbocycles. The number of benzene rings is 2. The summed E-state index contributed by atoms with van der Waals surface area (Å²) in [5.41, 5.74) is 3.61. The van der Waals surface area contributed by atoms with E-state index in [4.69, 9.17) is 27.9 Å². The van der Waals surface area contributed by atoms with Crippen LogP contribution in [0.25, 0.3) is 39.3 Å². The number of halogens is 2. The predicted molar refractivity (Wildman–Crippen MR) is 141 cm³/mol. The lowest BCUT2D eigenvalue weighted by atomic mass is 9.98. The molecule has 5 aromatic rings. The van der Waals surface area contributed by atoms with Crippen molar-refractivity contribution in [2.75, 3.05) is 7.11 Å². The second-order valence-electron chi connectivity index (χ2n) is 7.89. The van der Waals surface area contributed by atoms with Gasteiger partial charge in [-0.25, -0.2) is 15.0 Å². The van der Waals surface area contributed by atoms with E-state index < -0.39 is 0 Å². The molecule has 0 unspecified atom stereocenters. The second-order valence-corrected chi connectivity index (χ2v) is 8.65. The minimum atomic E-state index is -0.350. The molecule has 0 aliphatic rings. The highest BCUT2D eigenvalue weighted by Crippen LogP contribution is 2.41. The van der Waals surface area contributed by atoms with Crippen LogP contribution in [-0.4, -0.2) is 39.0 Å². The average molecular weight is 531 g/mol. The number of nitrogens with zero attached hydrogens (tertiary/aromatic N) is 4. The minimum Gasteiger partial charge on any atom is -0.479 e. The Morgan fingerprint density at radius 2 is 1.49 bits per heavy atom. The van der Waals surface area contributed by atoms with E-state index in [1.165, 1.54) is 30.0 Å². The standard InChI is InChI=1S/C27H16Cl2N4O4/c1-37-27-22(14-35)30-11-21(32-27)19-7-3-5-17(26(19)29)16-4-2-6-18(25(16)28)20-10-24(36)33-12-15(13-34)8-9-23(33)31-20/h2-14H,1H3. The predicted octanol–water partition coefficient (Wildman–Crippen LogP) is 5.43. The maximum absolute atomic E-state index is 12.8. The number of ether oxygens (including phenoxy) is 1. The maximum atomic E-state index is 12.8. The van der Waals surface area contributed by atoms with Gasteiger partial charge in [-0.15, -0.1) is 0 Å². The fourth-order valence-electron chi connectivity index (χ4n) is 3.94. The summed E-state index contributed by atoms with van der Waals surface area (Å²) in [5.74, 6) is 0.0860. The largest absolute Gasteiger partial charge is 0.479 e. The number of methoxy groups -OCH3 is 1. The molecule has 37 heavy (non-hydrogen) atoms. The first kappa shape index (κ1) is 24.3. The number of rotatable bonds is 6. The molecule has 10 heteroatoms. The van der Waals surface area contributed by atoms with Crippen LogP contribution in [0.3, 0.4) is 0 Å². The van der Waals surface area contributed by atoms with E-state index in [-0.39, 0.29) is 17.1 Å². The zero-order valence-electron chi connectivity index (χ0n) is 19.2. The molecule has 0 spiro atoms. The molecule has 3 heterocycles. The Morgan fingerprint density at radius 1 is 0.838 bits per heavy atom. The number of pyridine rings is 1. The first-order valence-electron chi connectivity index (χ1n) is 10.9. The Morgan fingerprint density at radius 3 is 2.11 bits per heavy atom. The Hall–Kier alpha value is -4.40. The third-order valence-corrected chi connectivity index (χ3v) is 6.54. The molecular formula is C27H16Cl2N4O4. The Kier molecular flexibility index (Phi) is 6.52. The molecule has 0 saturated carbocycles. The van der Waals surface area contributed by atoms with Crippen LogP contribution in [0.4, 0.5) is 0 Å². The zero-order chi connectivity index (χ0) is 26.1. The first-order valence-corrected chi connectivity index (χ1v) is 11.6. The summed E-state index contributed by atoms with van der Waals surface area (Å²) in [6.45, 7) is 0. The van der Waals surface area contributed by atoms with Gasteiger partial charge in [0.25, 0.3) is 5.56 Å². The van der Waals surface area contributed by atoms with E-state index in [9.17, 15) is 14.4 Å². The van der Waals surface area contributed by atoms with Gasteiger partial charge in [0, 0.05) is 40.1 Å². The average Bonchev–Trinajstić information content (AvgIpc) is 2.93. The van der Waals surface area contributed by atoms with Crippen molar-refractivity contribution < 1.29 is 14.3 Å². The number of aldehydes is 2. The number of carbonyl (C=O) groups excluding carboxylic acids is 2. The number of aromatic nitrogens is 4. The van der Waals surface area contributed by atoms with Gasteiger partial charge in [-0.05, 0) is 12.1 Å². The molecule has 0 atom stereocenters. The molecule has 0 N–H and O–H groups in total. The van der Waals surface area contributed by atoms with E-state index >= 15 is 0 Å². The molecule has 2 aromatic carbocycles. The fraction of sp³-hybridized carbons (Fsp3) is 0.0370. The quantitative estimate of drug-likeness (QED) is 0.269. The number of carbonyl (C=O) groups is 2. The van der Waals surface area contributed by atoms with Crippen LogP contribution in [-0.2, 0) is 0 Å². The van der Waals surface area contributed by atoms with Crippen LogP contribution in [0.5, 0.6) is 5.88 Å². The molecular weight excluding hydrogens is 515 g/mol. The van der Waals surface area contributed by atoms with Gasteiger partial charge in [-0.3, -0.25) is 18.8 Å². The number of hydrogen-bond donors (Lipinski definition) is 0. The molecule has 3 aromatic heterocycles. The summed E-state index contributed by atoms with van der Waals surface area (Å²) in [4.78, 5) is 48.1. The molecule has 5 rings (SSSR count). The fourth-order valence-corrected chi connectivity index (χ4v) is 4.59. The Balaban J connectivity index is 1.63. The van der Waals surface area contributed by atoms with E-state index in [0.29, 0.717) is 67.5 Å². The van der Waals surface area contributed by atoms with Crippen LogP contribution >= 0.6 is 23.2 Å². The van der Waals surface area contributed by atoms with Crippen molar-refractivity contribution in [3.05, 3.63) is 98.6 Å². The van der Waals surface area contributed by atoms with Gasteiger partial charge in [0.1, 0.15) is 5.65 Å². The van der Waals surface area contributed by atoms with E-state index in [0.717, 1.165) is 0 Å². The van der Waals surface area contributed by atoms with Crippen molar-refractivity contribution in [2.45, 2.75) is 0 Å². The van der Waals surface area contributed by atoms with Crippen LogP contribution < -0.4 is 10.3 Å². The SMILES string of the molecule is COc1nc(-c2cccc(-c3cccc(-c4cc(=O)n5cc(C=O)ccc5n4)c3Cl)c2Cl)cnc1C=O. The van der Waals surface area contributed by atoms with Crippen molar-refractivity contribution in [3.8, 4) is 39.5 Å². The molecule has 182 valence electrons. The monoisotopic (exact) mass is 530 g/mol. The van der Waals surface area contributed by atoms with Crippen molar-refractivity contribution >= 4 is 41.4 Å². The van der Waals surface area contributed by atoms with Crippen molar-refractivity contribution in [1.82, 2.24) is 19.4 Å². The van der Waals surface area contributed by atoms with Gasteiger partial charge >= 0.3 is 0 Å². The maximum Gasteiger partial charge on any atom is 0.258 e. The normalized spacial score (nSPS) is 10.9. The Bertz CT molecular complexity index is 1770. The van der Waals surface area contributed by atoms with Gasteiger partial charge in [-0.2, -0.15) is 0 Å². The van der Waals surface area contributed by atoms with Crippen LogP contribution in [0.2, 0.25) is 10.0 Å². The van der Waals surface area contributed by atoms with Crippen LogP contribution in [0.15, 0.2) is 71.8 Å². The lowest BCUT2D eigenvalue weighted by Gasteiger charge is -2.14. The summed E-state index contributed by atoms with van der Waals surface area (Å²) < 4.78 is 6.47. The van der Waals surface area contributed by atoms with Gasteiger partial charge in [0.05, 0.1) is 34.7 Å². The third-order valence-electron chi connectivity index (χ3n) is 5.73. The summed E-state index contributed by atoms with van der Waals surface area (Å²) in [6.07, 6.45) is 4.10. The zero-order valence-corrected chi connectivity index (χ0v) is 20.7. The first-order chi connectivity index (χ1) is 17.9. The van der Waals surface area contributed by atoms with E-state index in [2.05, 4.69) is 15.0 Å². The Labute approximate surface area is 220 Å². The highest BCUT2D eigenvalue weighted by Gasteiger charge is 2.18. The van der Waals surface area contributed by atoms with Gasteiger partial charge in [0.2, 0.25) is 5.88 Å². The molecule has 0 bridgehead atoms. The van der Waals surface area contributed by atoms with Gasteiger partial charge in [-0.1, -0.05) is 59.6 Å². The molecule has 0 saturated heterocycles. The highest BCUT2D eigenvalue weighted by molar-refractivity contribution is 6.39. The molecule has 0 radical (unpaired) electrons. The van der Waals surface area contributed by atoms with Crippen molar-refractivity contribution in [3.63, 3.8) is 0 Å². The summed E-state index contributed by atoms with van der Waals surface area (Å²) in [6, 6.07) is 15.3. The van der Waals surface area contributed by atoms with Crippen molar-refractivity contribution in [2.24, 2.45) is 0 Å². The molecule has 8 nitrogen and oxygen atoms in total. The van der Waals surface area contributed by atoms with E-state index in [1.54, 1.807) is 36.4 Å². The molecule has 0 fully saturated rings. The summed E-state index contributed by atoms with van der Waals surface area (Å²) in [7, 11) is 1.40. The lowest BCUT2D eigenvalue weighted by molar-refractivity contribution is 0.111. The van der Waals surface area contributed by atoms with Gasteiger partial charge < -0.3 is 4.74 Å². The van der Waals surface area contributed by atoms with Crippen molar-refractivity contribution in [1.29, 1.82) is 0 Å². The highest BCUT2D eigenvalue weighted by atomic mass is 35.5. The second kappa shape index (κ2) is 9.93. The van der Waals surface area contributed by atoms with Crippen LogP contribution in [0.1, 0.15) is 20.8 Å². The molecule has 0 amide bonds. The summed E-state index contributed by atoms with van der Waals surface area (Å²) >= 11 is 13.7. The lowest BCUT2D eigenvalue weighted by Crippen LogP contribution is -2.14. The third kappa shape index (κ3) is 4.37.